The lowest BCUT2D eigenvalue weighted by atomic mass is 10.1. The van der Waals surface area contributed by atoms with E-state index in [1.165, 1.54) is 0 Å². The monoisotopic (exact) mass is 278 g/mol. The summed E-state index contributed by atoms with van der Waals surface area (Å²) in [5.74, 6) is -0.112. The van der Waals surface area contributed by atoms with E-state index in [4.69, 9.17) is 5.73 Å². The van der Waals surface area contributed by atoms with E-state index < -0.39 is 0 Å². The number of nitrogens with one attached hydrogen (secondary N) is 1. The Kier molecular flexibility index (Phi) is 6.31. The fourth-order valence-electron chi connectivity index (χ4n) is 2.15. The van der Waals surface area contributed by atoms with E-state index >= 15 is 0 Å². The largest absolute Gasteiger partial charge is 0.397 e. The third-order valence-electron chi connectivity index (χ3n) is 3.27. The summed E-state index contributed by atoms with van der Waals surface area (Å²) < 4.78 is 0. The molecule has 0 spiro atoms. The molecular weight excluding hydrogens is 252 g/mol. The number of anilines is 2. The molecule has 0 saturated heterocycles. The van der Waals surface area contributed by atoms with E-state index in [0.29, 0.717) is 11.3 Å². The van der Waals surface area contributed by atoms with Crippen molar-refractivity contribution < 1.29 is 4.79 Å². The quantitative estimate of drug-likeness (QED) is 0.740. The van der Waals surface area contributed by atoms with Crippen LogP contribution in [0, 0.1) is 0 Å². The molecule has 0 radical (unpaired) electrons. The Morgan fingerprint density at radius 1 is 1.30 bits per heavy atom. The minimum absolute atomic E-state index is 0.112. The molecule has 0 fully saturated rings. The van der Waals surface area contributed by atoms with Gasteiger partial charge in [-0.25, -0.2) is 0 Å². The lowest BCUT2D eigenvalue weighted by molar-refractivity contribution is 0.0963. The van der Waals surface area contributed by atoms with E-state index in [9.17, 15) is 4.79 Å². The molecule has 1 amide bonds. The number of nitrogen functional groups attached to an aromatic ring is 1. The third kappa shape index (κ3) is 4.42. The predicted octanol–water partition coefficient (Wildman–Crippen LogP) is 1.41. The van der Waals surface area contributed by atoms with Gasteiger partial charge in [0.15, 0.2) is 0 Å². The molecule has 5 nitrogen and oxygen atoms in total. The van der Waals surface area contributed by atoms with Crippen molar-refractivity contribution in [3.8, 4) is 0 Å². The van der Waals surface area contributed by atoms with E-state index in [2.05, 4.69) is 36.1 Å². The van der Waals surface area contributed by atoms with Gasteiger partial charge >= 0.3 is 0 Å². The summed E-state index contributed by atoms with van der Waals surface area (Å²) in [7, 11) is 5.76. The van der Waals surface area contributed by atoms with Crippen LogP contribution in [0.25, 0.3) is 0 Å². The molecule has 0 heterocycles. The van der Waals surface area contributed by atoms with Crippen LogP contribution in [0.5, 0.6) is 0 Å². The SMILES string of the molecule is CCN(CCCN(C)C)c1ccc(C(=O)NC)cc1N. The van der Waals surface area contributed by atoms with Gasteiger partial charge in [-0.3, -0.25) is 4.79 Å². The number of nitrogens with two attached hydrogens (primary N) is 1. The van der Waals surface area contributed by atoms with Crippen molar-refractivity contribution in [1.82, 2.24) is 10.2 Å². The highest BCUT2D eigenvalue weighted by atomic mass is 16.1. The minimum Gasteiger partial charge on any atom is -0.397 e. The molecule has 1 aromatic carbocycles. The second-order valence-electron chi connectivity index (χ2n) is 5.09. The number of rotatable bonds is 7. The molecule has 5 heteroatoms. The third-order valence-corrected chi connectivity index (χ3v) is 3.27. The number of amides is 1. The molecular formula is C15H26N4O. The molecule has 0 atom stereocenters. The molecule has 0 unspecified atom stereocenters. The highest BCUT2D eigenvalue weighted by Crippen LogP contribution is 2.24. The zero-order chi connectivity index (χ0) is 15.1. The van der Waals surface area contributed by atoms with Crippen molar-refractivity contribution in [1.29, 1.82) is 0 Å². The molecule has 0 aliphatic carbocycles. The number of carbonyl (C=O) groups excluding carboxylic acids is 1. The maximum absolute atomic E-state index is 11.6. The van der Waals surface area contributed by atoms with Gasteiger partial charge in [0.2, 0.25) is 0 Å². The van der Waals surface area contributed by atoms with Crippen LogP contribution in [0.3, 0.4) is 0 Å². The van der Waals surface area contributed by atoms with Gasteiger partial charge in [-0.15, -0.1) is 0 Å². The standard InChI is InChI=1S/C15H26N4O/c1-5-19(10-6-9-18(3)4)14-8-7-12(11-13(14)16)15(20)17-2/h7-8,11H,5-6,9-10,16H2,1-4H3,(H,17,20). The molecule has 112 valence electrons. The first-order chi connectivity index (χ1) is 9.49. The van der Waals surface area contributed by atoms with Gasteiger partial charge in [0, 0.05) is 25.7 Å². The van der Waals surface area contributed by atoms with Gasteiger partial charge in [-0.05, 0) is 52.2 Å². The van der Waals surface area contributed by atoms with Gasteiger partial charge in [-0.2, -0.15) is 0 Å². The lowest BCUT2D eigenvalue weighted by Gasteiger charge is -2.25. The van der Waals surface area contributed by atoms with E-state index in [1.54, 1.807) is 13.1 Å². The van der Waals surface area contributed by atoms with Crippen molar-refractivity contribution in [2.75, 3.05) is 51.4 Å². The first kappa shape index (κ1) is 16.3. The molecule has 1 rings (SSSR count). The molecule has 0 aliphatic heterocycles. The van der Waals surface area contributed by atoms with Gasteiger partial charge in [0.1, 0.15) is 0 Å². The van der Waals surface area contributed by atoms with Gasteiger partial charge in [0.05, 0.1) is 11.4 Å². The van der Waals surface area contributed by atoms with Gasteiger partial charge < -0.3 is 20.9 Å². The van der Waals surface area contributed by atoms with Crippen LogP contribution in [0.4, 0.5) is 11.4 Å². The second-order valence-corrected chi connectivity index (χ2v) is 5.09. The first-order valence-electron chi connectivity index (χ1n) is 7.00. The molecule has 20 heavy (non-hydrogen) atoms. The Morgan fingerprint density at radius 3 is 2.50 bits per heavy atom. The van der Waals surface area contributed by atoms with Crippen LogP contribution in [-0.2, 0) is 0 Å². The summed E-state index contributed by atoms with van der Waals surface area (Å²) in [6, 6.07) is 5.49. The van der Waals surface area contributed by atoms with Crippen LogP contribution in [-0.4, -0.2) is 51.6 Å². The van der Waals surface area contributed by atoms with Crippen molar-refractivity contribution in [3.63, 3.8) is 0 Å². The number of hydrogen-bond acceptors (Lipinski definition) is 4. The highest BCUT2D eigenvalue weighted by Gasteiger charge is 2.11. The summed E-state index contributed by atoms with van der Waals surface area (Å²) in [6.45, 7) is 5.02. The minimum atomic E-state index is -0.112. The van der Waals surface area contributed by atoms with E-state index in [-0.39, 0.29) is 5.91 Å². The fraction of sp³-hybridized carbons (Fsp3) is 0.533. The number of hydrogen-bond donors (Lipinski definition) is 2. The second kappa shape index (κ2) is 7.75. The van der Waals surface area contributed by atoms with Gasteiger partial charge in [-0.1, -0.05) is 0 Å². The Morgan fingerprint density at radius 2 is 2.00 bits per heavy atom. The smallest absolute Gasteiger partial charge is 0.251 e. The Bertz CT molecular complexity index is 445. The Balaban J connectivity index is 2.80. The highest BCUT2D eigenvalue weighted by molar-refractivity contribution is 5.96. The van der Waals surface area contributed by atoms with Crippen molar-refractivity contribution >= 4 is 17.3 Å². The maximum Gasteiger partial charge on any atom is 0.251 e. The van der Waals surface area contributed by atoms with Crippen LogP contribution in [0.2, 0.25) is 0 Å². The summed E-state index contributed by atoms with van der Waals surface area (Å²) in [4.78, 5) is 16.0. The number of carbonyl (C=O) groups is 1. The summed E-state index contributed by atoms with van der Waals surface area (Å²) >= 11 is 0. The zero-order valence-corrected chi connectivity index (χ0v) is 12.9. The lowest BCUT2D eigenvalue weighted by Crippen LogP contribution is -2.28. The fourth-order valence-corrected chi connectivity index (χ4v) is 2.15. The Hall–Kier alpha value is -1.75. The number of benzene rings is 1. The molecule has 0 saturated carbocycles. The average molecular weight is 278 g/mol. The summed E-state index contributed by atoms with van der Waals surface area (Å²) in [5, 5.41) is 2.60. The molecule has 0 aromatic heterocycles. The maximum atomic E-state index is 11.6. The first-order valence-corrected chi connectivity index (χ1v) is 7.00. The van der Waals surface area contributed by atoms with Crippen molar-refractivity contribution in [2.24, 2.45) is 0 Å². The van der Waals surface area contributed by atoms with Gasteiger partial charge in [0.25, 0.3) is 5.91 Å². The topological polar surface area (TPSA) is 61.6 Å². The van der Waals surface area contributed by atoms with Crippen molar-refractivity contribution in [2.45, 2.75) is 13.3 Å². The average Bonchev–Trinajstić information content (AvgIpc) is 2.43. The molecule has 0 bridgehead atoms. The summed E-state index contributed by atoms with van der Waals surface area (Å²) in [5.41, 5.74) is 8.33. The normalized spacial score (nSPS) is 10.7. The van der Waals surface area contributed by atoms with Crippen molar-refractivity contribution in [3.05, 3.63) is 23.8 Å². The van der Waals surface area contributed by atoms with E-state index in [0.717, 1.165) is 31.7 Å². The van der Waals surface area contributed by atoms with Crippen LogP contribution in [0.15, 0.2) is 18.2 Å². The molecule has 3 N–H and O–H groups in total. The zero-order valence-electron chi connectivity index (χ0n) is 12.9. The van der Waals surface area contributed by atoms with Crippen LogP contribution >= 0.6 is 0 Å². The van der Waals surface area contributed by atoms with Crippen LogP contribution < -0.4 is 16.0 Å². The molecule has 1 aromatic rings. The summed E-state index contributed by atoms with van der Waals surface area (Å²) in [6.07, 6.45) is 1.08. The number of nitrogens with zero attached hydrogens (tertiary/aromatic N) is 2. The molecule has 0 aliphatic rings. The van der Waals surface area contributed by atoms with Crippen LogP contribution in [0.1, 0.15) is 23.7 Å². The predicted molar refractivity (Wildman–Crippen MR) is 85.3 cm³/mol. The van der Waals surface area contributed by atoms with E-state index in [1.807, 2.05) is 12.1 Å². The Labute approximate surface area is 121 Å².